The third-order valence-electron chi connectivity index (χ3n) is 4.40. The lowest BCUT2D eigenvalue weighted by molar-refractivity contribution is 0.397. The molecular formula is C20H17N3O3. The average Bonchev–Trinajstić information content (AvgIpc) is 3.09. The van der Waals surface area contributed by atoms with Gasteiger partial charge in [0.15, 0.2) is 0 Å². The maximum Gasteiger partial charge on any atom is 0.251 e. The second-order valence-electron chi connectivity index (χ2n) is 5.96. The van der Waals surface area contributed by atoms with Crippen LogP contribution in [0, 0.1) is 6.92 Å². The van der Waals surface area contributed by atoms with Crippen molar-refractivity contribution in [3.05, 3.63) is 76.7 Å². The van der Waals surface area contributed by atoms with Gasteiger partial charge in [-0.1, -0.05) is 11.2 Å². The highest BCUT2D eigenvalue weighted by Crippen LogP contribution is 2.38. The van der Waals surface area contributed by atoms with Crippen LogP contribution in [0.2, 0.25) is 0 Å². The minimum absolute atomic E-state index is 0.105. The van der Waals surface area contributed by atoms with E-state index >= 15 is 0 Å². The Labute approximate surface area is 149 Å². The van der Waals surface area contributed by atoms with Crippen molar-refractivity contribution in [2.45, 2.75) is 13.5 Å². The number of ether oxygens (including phenoxy) is 1. The van der Waals surface area contributed by atoms with Crippen molar-refractivity contribution >= 4 is 10.9 Å². The number of aryl methyl sites for hydroxylation is 1. The molecule has 0 atom stereocenters. The topological polar surface area (TPSA) is 70.2 Å². The Morgan fingerprint density at radius 2 is 2.00 bits per heavy atom. The zero-order chi connectivity index (χ0) is 18.1. The first kappa shape index (κ1) is 16.1. The van der Waals surface area contributed by atoms with Crippen molar-refractivity contribution in [1.29, 1.82) is 0 Å². The Morgan fingerprint density at radius 3 is 2.69 bits per heavy atom. The van der Waals surface area contributed by atoms with Crippen molar-refractivity contribution in [1.82, 2.24) is 14.7 Å². The monoisotopic (exact) mass is 347 g/mol. The third-order valence-corrected chi connectivity index (χ3v) is 4.40. The Kier molecular flexibility index (Phi) is 4.01. The van der Waals surface area contributed by atoms with Crippen LogP contribution in [0.3, 0.4) is 0 Å². The van der Waals surface area contributed by atoms with E-state index in [0.29, 0.717) is 18.1 Å². The van der Waals surface area contributed by atoms with Gasteiger partial charge < -0.3 is 13.8 Å². The van der Waals surface area contributed by atoms with Gasteiger partial charge in [-0.2, -0.15) is 0 Å². The summed E-state index contributed by atoms with van der Waals surface area (Å²) in [6.07, 6.45) is 3.37. The molecule has 3 aromatic heterocycles. The van der Waals surface area contributed by atoms with Gasteiger partial charge in [-0.3, -0.25) is 9.78 Å². The summed E-state index contributed by atoms with van der Waals surface area (Å²) in [5.74, 6) is 1.32. The van der Waals surface area contributed by atoms with Gasteiger partial charge in [-0.05, 0) is 42.6 Å². The van der Waals surface area contributed by atoms with Gasteiger partial charge in [0.2, 0.25) is 0 Å². The van der Waals surface area contributed by atoms with Gasteiger partial charge in [-0.15, -0.1) is 0 Å². The van der Waals surface area contributed by atoms with Crippen LogP contribution in [-0.2, 0) is 6.54 Å². The van der Waals surface area contributed by atoms with Crippen LogP contribution in [0.4, 0.5) is 0 Å². The molecule has 4 rings (SSSR count). The number of benzene rings is 1. The fourth-order valence-electron chi connectivity index (χ4n) is 3.16. The standard InChI is InChI=1S/C20H17N3O3/c1-13-16(11-22-26-13)19-17(25-2)8-6-14-7-9-18(24)23(20(14)19)12-15-5-3-4-10-21-15/h3-11H,12H2,1-2H3. The first-order chi connectivity index (χ1) is 12.7. The summed E-state index contributed by atoms with van der Waals surface area (Å²) in [5, 5.41) is 4.81. The summed E-state index contributed by atoms with van der Waals surface area (Å²) >= 11 is 0. The lowest BCUT2D eigenvalue weighted by Crippen LogP contribution is -2.21. The first-order valence-electron chi connectivity index (χ1n) is 8.21. The van der Waals surface area contributed by atoms with E-state index in [1.165, 1.54) is 0 Å². The SMILES string of the molecule is COc1ccc2ccc(=O)n(Cc3ccccn3)c2c1-c1cnoc1C. The molecule has 0 N–H and O–H groups in total. The quantitative estimate of drug-likeness (QED) is 0.566. The summed E-state index contributed by atoms with van der Waals surface area (Å²) in [5.41, 5.74) is 3.06. The fraction of sp³-hybridized carbons (Fsp3) is 0.150. The molecule has 6 nitrogen and oxygen atoms in total. The van der Waals surface area contributed by atoms with Gasteiger partial charge in [-0.25, -0.2) is 0 Å². The number of nitrogens with zero attached hydrogens (tertiary/aromatic N) is 3. The van der Waals surface area contributed by atoms with E-state index in [-0.39, 0.29) is 5.56 Å². The number of rotatable bonds is 4. The molecule has 0 radical (unpaired) electrons. The van der Waals surface area contributed by atoms with Crippen LogP contribution in [0.5, 0.6) is 5.75 Å². The molecule has 0 fully saturated rings. The first-order valence-corrected chi connectivity index (χ1v) is 8.21. The van der Waals surface area contributed by atoms with Gasteiger partial charge >= 0.3 is 0 Å². The van der Waals surface area contributed by atoms with Crippen LogP contribution in [0.15, 0.2) is 64.2 Å². The highest BCUT2D eigenvalue weighted by atomic mass is 16.5. The largest absolute Gasteiger partial charge is 0.496 e. The molecule has 6 heteroatoms. The average molecular weight is 347 g/mol. The van der Waals surface area contributed by atoms with Crippen molar-refractivity contribution in [2.24, 2.45) is 0 Å². The van der Waals surface area contributed by atoms with E-state index in [1.54, 1.807) is 30.1 Å². The van der Waals surface area contributed by atoms with Crippen molar-refractivity contribution in [3.8, 4) is 16.9 Å². The Bertz CT molecular complexity index is 1130. The lowest BCUT2D eigenvalue weighted by Gasteiger charge is -2.16. The molecule has 0 unspecified atom stereocenters. The van der Waals surface area contributed by atoms with Crippen LogP contribution >= 0.6 is 0 Å². The van der Waals surface area contributed by atoms with Crippen LogP contribution < -0.4 is 10.3 Å². The molecule has 130 valence electrons. The zero-order valence-electron chi connectivity index (χ0n) is 14.5. The molecule has 0 saturated carbocycles. The number of pyridine rings is 2. The molecule has 0 bridgehead atoms. The smallest absolute Gasteiger partial charge is 0.251 e. The van der Waals surface area contributed by atoms with Crippen molar-refractivity contribution in [2.75, 3.05) is 7.11 Å². The minimum atomic E-state index is -0.105. The number of hydrogen-bond donors (Lipinski definition) is 0. The van der Waals surface area contributed by atoms with E-state index < -0.39 is 0 Å². The summed E-state index contributed by atoms with van der Waals surface area (Å²) in [7, 11) is 1.61. The summed E-state index contributed by atoms with van der Waals surface area (Å²) in [6, 6.07) is 12.9. The summed E-state index contributed by atoms with van der Waals surface area (Å²) in [4.78, 5) is 17.1. The second-order valence-corrected chi connectivity index (χ2v) is 5.96. The Morgan fingerprint density at radius 1 is 1.15 bits per heavy atom. The van der Waals surface area contributed by atoms with E-state index in [0.717, 1.165) is 27.7 Å². The lowest BCUT2D eigenvalue weighted by atomic mass is 10.0. The van der Waals surface area contributed by atoms with Gasteiger partial charge in [0.1, 0.15) is 11.5 Å². The number of methoxy groups -OCH3 is 1. The molecule has 1 aromatic carbocycles. The molecule has 0 spiro atoms. The number of aromatic nitrogens is 3. The normalized spacial score (nSPS) is 11.0. The highest BCUT2D eigenvalue weighted by molar-refractivity contribution is 5.97. The third kappa shape index (κ3) is 2.65. The Hall–Kier alpha value is -3.41. The highest BCUT2D eigenvalue weighted by Gasteiger charge is 2.19. The summed E-state index contributed by atoms with van der Waals surface area (Å²) in [6.45, 7) is 2.20. The van der Waals surface area contributed by atoms with E-state index in [9.17, 15) is 4.79 Å². The molecule has 3 heterocycles. The second kappa shape index (κ2) is 6.48. The summed E-state index contributed by atoms with van der Waals surface area (Å²) < 4.78 is 12.5. The van der Waals surface area contributed by atoms with Gasteiger partial charge in [0.25, 0.3) is 5.56 Å². The van der Waals surface area contributed by atoms with Crippen molar-refractivity contribution in [3.63, 3.8) is 0 Å². The number of fused-ring (bicyclic) bond motifs is 1. The van der Waals surface area contributed by atoms with E-state index in [2.05, 4.69) is 10.1 Å². The van der Waals surface area contributed by atoms with Crippen LogP contribution in [0.1, 0.15) is 11.5 Å². The zero-order valence-corrected chi connectivity index (χ0v) is 14.5. The maximum absolute atomic E-state index is 12.7. The predicted molar refractivity (Wildman–Crippen MR) is 98.3 cm³/mol. The molecule has 4 aromatic rings. The van der Waals surface area contributed by atoms with Gasteiger partial charge in [0.05, 0.1) is 42.2 Å². The van der Waals surface area contributed by atoms with Crippen molar-refractivity contribution < 1.29 is 9.26 Å². The molecule has 0 amide bonds. The fourth-order valence-corrected chi connectivity index (χ4v) is 3.16. The minimum Gasteiger partial charge on any atom is -0.496 e. The molecular weight excluding hydrogens is 330 g/mol. The Balaban J connectivity index is 2.07. The van der Waals surface area contributed by atoms with E-state index in [1.807, 2.05) is 43.3 Å². The molecule has 0 saturated heterocycles. The molecule has 0 aliphatic rings. The molecule has 26 heavy (non-hydrogen) atoms. The molecule has 0 aliphatic heterocycles. The van der Waals surface area contributed by atoms with E-state index in [4.69, 9.17) is 9.26 Å². The molecule has 0 aliphatic carbocycles. The number of hydrogen-bond acceptors (Lipinski definition) is 5. The van der Waals surface area contributed by atoms with Gasteiger partial charge in [0, 0.05) is 12.3 Å². The predicted octanol–water partition coefficient (Wildman–Crippen LogP) is 3.42. The van der Waals surface area contributed by atoms with Crippen LogP contribution in [-0.4, -0.2) is 21.8 Å². The maximum atomic E-state index is 12.7. The van der Waals surface area contributed by atoms with Crippen LogP contribution in [0.25, 0.3) is 22.0 Å².